The number of amides is 1. The van der Waals surface area contributed by atoms with Crippen molar-refractivity contribution >= 4 is 46.5 Å². The van der Waals surface area contributed by atoms with Gasteiger partial charge >= 0.3 is 7.12 Å². The van der Waals surface area contributed by atoms with E-state index in [0.717, 1.165) is 43.8 Å². The average molecular weight is 588 g/mol. The molecule has 0 bridgehead atoms. The van der Waals surface area contributed by atoms with Crippen molar-refractivity contribution in [1.29, 1.82) is 0 Å². The Labute approximate surface area is 249 Å². The lowest BCUT2D eigenvalue weighted by Gasteiger charge is -2.32. The largest absolute Gasteiger partial charge is 0.494 e. The molecule has 1 aliphatic carbocycles. The Morgan fingerprint density at radius 3 is 2.24 bits per heavy atom. The molecule has 0 radical (unpaired) electrons. The summed E-state index contributed by atoms with van der Waals surface area (Å²) >= 11 is 0. The molecule has 1 amide bonds. The highest BCUT2D eigenvalue weighted by Crippen LogP contribution is 2.44. The maximum atomic E-state index is 14.3. The Morgan fingerprint density at radius 2 is 1.62 bits per heavy atom. The molecule has 218 valence electrons. The van der Waals surface area contributed by atoms with Gasteiger partial charge in [-0.15, -0.1) is 0 Å². The molecule has 1 aliphatic heterocycles. The molecule has 1 unspecified atom stereocenters. The van der Waals surface area contributed by atoms with Crippen molar-refractivity contribution in [3.05, 3.63) is 100 Å². The second kappa shape index (κ2) is 11.7. The van der Waals surface area contributed by atoms with Gasteiger partial charge in [-0.05, 0) is 109 Å². The van der Waals surface area contributed by atoms with Crippen LogP contribution < -0.4 is 10.9 Å². The molecule has 1 saturated heterocycles. The molecule has 1 fully saturated rings. The number of benzene rings is 3. The van der Waals surface area contributed by atoms with E-state index in [2.05, 4.69) is 5.48 Å². The molecule has 3 aromatic carbocycles. The minimum atomic E-state index is -1.06. The summed E-state index contributed by atoms with van der Waals surface area (Å²) in [4.78, 5) is 19.2. The molecule has 6 nitrogen and oxygen atoms in total. The average Bonchev–Trinajstić information content (AvgIpc) is 3.31. The second-order valence-electron chi connectivity index (χ2n) is 11.7. The first kappa shape index (κ1) is 30.1. The summed E-state index contributed by atoms with van der Waals surface area (Å²) in [6.45, 7) is 10.2. The van der Waals surface area contributed by atoms with E-state index in [9.17, 15) is 13.4 Å². The van der Waals surface area contributed by atoms with Crippen LogP contribution in [0.1, 0.15) is 63.3 Å². The molecular formula is C33H35BFNO5S. The van der Waals surface area contributed by atoms with E-state index in [4.69, 9.17) is 14.1 Å². The van der Waals surface area contributed by atoms with Crippen LogP contribution in [0.5, 0.6) is 0 Å². The van der Waals surface area contributed by atoms with Crippen LogP contribution in [0.2, 0.25) is 0 Å². The van der Waals surface area contributed by atoms with Gasteiger partial charge in [-0.2, -0.15) is 0 Å². The quantitative estimate of drug-likeness (QED) is 0.265. The van der Waals surface area contributed by atoms with Gasteiger partial charge in [0.05, 0.1) is 24.2 Å². The van der Waals surface area contributed by atoms with E-state index in [1.54, 1.807) is 12.3 Å². The topological polar surface area (TPSA) is 73.9 Å². The number of carbonyl (C=O) groups excluding carboxylic acids is 1. The highest BCUT2D eigenvalue weighted by molar-refractivity contribution is 7.84. The lowest BCUT2D eigenvalue weighted by molar-refractivity contribution is -0.133. The fraction of sp³-hybridized carbons (Fsp3) is 0.303. The summed E-state index contributed by atoms with van der Waals surface area (Å²) in [6.07, 6.45) is 3.68. The zero-order chi connectivity index (χ0) is 30.2. The highest BCUT2D eigenvalue weighted by Gasteiger charge is 2.51. The first-order valence-corrected chi connectivity index (χ1v) is 15.4. The van der Waals surface area contributed by atoms with E-state index in [1.165, 1.54) is 12.1 Å². The van der Waals surface area contributed by atoms with E-state index < -0.39 is 29.1 Å². The summed E-state index contributed by atoms with van der Waals surface area (Å²) in [5.74, 6) is -0.694. The monoisotopic (exact) mass is 587 g/mol. The predicted molar refractivity (Wildman–Crippen MR) is 165 cm³/mol. The number of carbonyl (C=O) groups is 1. The summed E-state index contributed by atoms with van der Waals surface area (Å²) in [7, 11) is -1.50. The summed E-state index contributed by atoms with van der Waals surface area (Å²) in [5, 5.41) is 0. The smallest absolute Gasteiger partial charge is 0.399 e. The van der Waals surface area contributed by atoms with Crippen molar-refractivity contribution in [3.8, 4) is 0 Å². The Kier molecular flexibility index (Phi) is 8.40. The fourth-order valence-electron chi connectivity index (χ4n) is 5.05. The summed E-state index contributed by atoms with van der Waals surface area (Å²) in [6, 6.07) is 19.8. The molecule has 3 aromatic rings. The SMILES string of the molecule is CC1=C(CC(=O)NOCc2ccc(B3OC(C)(C)C(C)(C)O3)cc2)c2cc(F)ccc2C1=Cc1ccc(S(C)=O)cc1. The zero-order valence-electron chi connectivity index (χ0n) is 24.7. The van der Waals surface area contributed by atoms with Crippen molar-refractivity contribution in [2.24, 2.45) is 0 Å². The molecule has 1 heterocycles. The van der Waals surface area contributed by atoms with E-state index in [0.29, 0.717) is 5.56 Å². The molecule has 0 aromatic heterocycles. The van der Waals surface area contributed by atoms with Crippen LogP contribution in [0.4, 0.5) is 4.39 Å². The van der Waals surface area contributed by atoms with Gasteiger partial charge in [0, 0.05) is 22.0 Å². The van der Waals surface area contributed by atoms with Crippen molar-refractivity contribution in [1.82, 2.24) is 5.48 Å². The Balaban J connectivity index is 1.23. The molecule has 1 atom stereocenters. The normalized spacial score (nSPS) is 18.8. The molecule has 0 spiro atoms. The number of rotatable bonds is 8. The van der Waals surface area contributed by atoms with Crippen LogP contribution in [-0.2, 0) is 36.3 Å². The number of hydroxylamine groups is 1. The lowest BCUT2D eigenvalue weighted by Crippen LogP contribution is -2.41. The van der Waals surface area contributed by atoms with E-state index >= 15 is 0 Å². The third-order valence-corrected chi connectivity index (χ3v) is 9.18. The Bertz CT molecular complexity index is 1580. The predicted octanol–water partition coefficient (Wildman–Crippen LogP) is 5.83. The number of nitrogens with one attached hydrogen (secondary N) is 1. The molecular weight excluding hydrogens is 552 g/mol. The van der Waals surface area contributed by atoms with Gasteiger partial charge in [-0.3, -0.25) is 13.8 Å². The third-order valence-electron chi connectivity index (χ3n) is 8.24. The van der Waals surface area contributed by atoms with E-state index in [-0.39, 0.29) is 24.8 Å². The summed E-state index contributed by atoms with van der Waals surface area (Å²) in [5.41, 5.74) is 8.53. The first-order chi connectivity index (χ1) is 19.8. The molecule has 1 N–H and O–H groups in total. The third kappa shape index (κ3) is 6.20. The molecule has 42 heavy (non-hydrogen) atoms. The van der Waals surface area contributed by atoms with Gasteiger partial charge in [-0.1, -0.05) is 42.5 Å². The lowest BCUT2D eigenvalue weighted by atomic mass is 9.79. The van der Waals surface area contributed by atoms with Gasteiger partial charge in [0.2, 0.25) is 5.91 Å². The number of hydrogen-bond acceptors (Lipinski definition) is 5. The fourth-order valence-corrected chi connectivity index (χ4v) is 5.57. The highest BCUT2D eigenvalue weighted by atomic mass is 32.2. The number of fused-ring (bicyclic) bond motifs is 1. The van der Waals surface area contributed by atoms with E-state index in [1.807, 2.05) is 89.2 Å². The minimum absolute atomic E-state index is 0.0360. The van der Waals surface area contributed by atoms with Gasteiger partial charge < -0.3 is 9.31 Å². The van der Waals surface area contributed by atoms with Crippen LogP contribution in [-0.4, -0.2) is 34.7 Å². The van der Waals surface area contributed by atoms with Crippen molar-refractivity contribution in [3.63, 3.8) is 0 Å². The Morgan fingerprint density at radius 1 is 0.976 bits per heavy atom. The van der Waals surface area contributed by atoms with Gasteiger partial charge in [0.25, 0.3) is 0 Å². The van der Waals surface area contributed by atoms with Crippen molar-refractivity contribution < 1.29 is 27.5 Å². The molecule has 5 rings (SSSR count). The maximum absolute atomic E-state index is 14.3. The van der Waals surface area contributed by atoms with Crippen LogP contribution in [0.3, 0.4) is 0 Å². The molecule has 2 aliphatic rings. The second-order valence-corrected chi connectivity index (χ2v) is 13.1. The van der Waals surface area contributed by atoms with Gasteiger partial charge in [0.1, 0.15) is 5.82 Å². The Hall–Kier alpha value is -3.37. The maximum Gasteiger partial charge on any atom is 0.494 e. The van der Waals surface area contributed by atoms with Gasteiger partial charge in [0.15, 0.2) is 0 Å². The van der Waals surface area contributed by atoms with Crippen LogP contribution in [0.15, 0.2) is 77.2 Å². The van der Waals surface area contributed by atoms with Gasteiger partial charge in [-0.25, -0.2) is 9.87 Å². The molecule has 9 heteroatoms. The molecule has 0 saturated carbocycles. The zero-order valence-corrected chi connectivity index (χ0v) is 25.6. The van der Waals surface area contributed by atoms with Crippen LogP contribution >= 0.6 is 0 Å². The van der Waals surface area contributed by atoms with Crippen molar-refractivity contribution in [2.75, 3.05) is 6.26 Å². The number of hydrogen-bond donors (Lipinski definition) is 1. The standard InChI is InChI=1S/C33H35BFNO5S/c1-21-28(17-22-9-14-26(15-10-22)42(6)38)27-16-13-25(35)18-30(27)29(21)19-31(37)36-39-20-23-7-11-24(12-8-23)34-40-32(2,3)33(4,5)41-34/h7-18H,19-20H2,1-6H3,(H,36,37). The number of halogens is 1. The minimum Gasteiger partial charge on any atom is -0.399 e. The number of allylic oxidation sites excluding steroid dienone is 2. The first-order valence-electron chi connectivity index (χ1n) is 13.9. The van der Waals surface area contributed by atoms with Crippen molar-refractivity contribution in [2.45, 2.75) is 63.7 Å². The van der Waals surface area contributed by atoms with Crippen LogP contribution in [0.25, 0.3) is 17.2 Å². The summed E-state index contributed by atoms with van der Waals surface area (Å²) < 4.78 is 38.2. The van der Waals surface area contributed by atoms with Crippen LogP contribution in [0, 0.1) is 5.82 Å².